The summed E-state index contributed by atoms with van der Waals surface area (Å²) in [5.74, 6) is 0. The molecule has 1 heterocycles. The second-order valence-electron chi connectivity index (χ2n) is 4.82. The highest BCUT2D eigenvalue weighted by Gasteiger charge is 2.36. The standard InChI is InChI=1S/C11H22N2O/c1-2-10-8-14-7-6-13(10)9-11(12)4-3-5-11/h10H,2-9,12H2,1H3. The molecule has 2 fully saturated rings. The van der Waals surface area contributed by atoms with E-state index in [-0.39, 0.29) is 5.54 Å². The predicted octanol–water partition coefficient (Wildman–Crippen LogP) is 0.979. The minimum Gasteiger partial charge on any atom is -0.378 e. The average Bonchev–Trinajstić information content (AvgIpc) is 2.16. The van der Waals surface area contributed by atoms with E-state index in [2.05, 4.69) is 11.8 Å². The maximum Gasteiger partial charge on any atom is 0.0622 e. The molecule has 1 aliphatic carbocycles. The van der Waals surface area contributed by atoms with Gasteiger partial charge in [-0.1, -0.05) is 6.92 Å². The third-order valence-corrected chi connectivity index (χ3v) is 3.69. The van der Waals surface area contributed by atoms with Crippen molar-refractivity contribution in [2.24, 2.45) is 5.73 Å². The van der Waals surface area contributed by atoms with Crippen LogP contribution in [0.3, 0.4) is 0 Å². The summed E-state index contributed by atoms with van der Waals surface area (Å²) < 4.78 is 5.49. The molecule has 1 atom stereocenters. The Kier molecular flexibility index (Phi) is 3.10. The van der Waals surface area contributed by atoms with E-state index in [1.807, 2.05) is 0 Å². The van der Waals surface area contributed by atoms with Crippen LogP contribution in [0.15, 0.2) is 0 Å². The third-order valence-electron chi connectivity index (χ3n) is 3.69. The van der Waals surface area contributed by atoms with Crippen LogP contribution in [0.5, 0.6) is 0 Å². The quantitative estimate of drug-likeness (QED) is 0.734. The van der Waals surface area contributed by atoms with E-state index in [0.29, 0.717) is 6.04 Å². The number of nitrogens with two attached hydrogens (primary N) is 1. The van der Waals surface area contributed by atoms with Crippen molar-refractivity contribution in [3.8, 4) is 0 Å². The maximum atomic E-state index is 6.27. The largest absolute Gasteiger partial charge is 0.378 e. The molecule has 0 aromatic heterocycles. The van der Waals surface area contributed by atoms with Crippen molar-refractivity contribution in [2.75, 3.05) is 26.3 Å². The molecule has 2 rings (SSSR count). The van der Waals surface area contributed by atoms with Gasteiger partial charge in [-0.15, -0.1) is 0 Å². The number of hydrogen-bond donors (Lipinski definition) is 1. The molecule has 82 valence electrons. The van der Waals surface area contributed by atoms with Crippen LogP contribution in [0, 0.1) is 0 Å². The molecule has 1 unspecified atom stereocenters. The van der Waals surface area contributed by atoms with Crippen molar-refractivity contribution in [1.29, 1.82) is 0 Å². The molecule has 0 radical (unpaired) electrons. The Bertz CT molecular complexity index is 192. The highest BCUT2D eigenvalue weighted by atomic mass is 16.5. The lowest BCUT2D eigenvalue weighted by Gasteiger charge is -2.45. The molecular formula is C11H22N2O. The third kappa shape index (κ3) is 2.10. The summed E-state index contributed by atoms with van der Waals surface area (Å²) in [4.78, 5) is 2.53. The summed E-state index contributed by atoms with van der Waals surface area (Å²) in [5.41, 5.74) is 6.40. The van der Waals surface area contributed by atoms with Crippen LogP contribution in [0.4, 0.5) is 0 Å². The summed E-state index contributed by atoms with van der Waals surface area (Å²) in [5, 5.41) is 0. The van der Waals surface area contributed by atoms with E-state index < -0.39 is 0 Å². The predicted molar refractivity (Wildman–Crippen MR) is 57.2 cm³/mol. The van der Waals surface area contributed by atoms with E-state index in [1.54, 1.807) is 0 Å². The van der Waals surface area contributed by atoms with Crippen molar-refractivity contribution in [2.45, 2.75) is 44.2 Å². The average molecular weight is 198 g/mol. The molecule has 1 saturated carbocycles. The molecule has 0 aromatic carbocycles. The number of rotatable bonds is 3. The van der Waals surface area contributed by atoms with Crippen LogP contribution in [0.25, 0.3) is 0 Å². The Morgan fingerprint density at radius 3 is 2.86 bits per heavy atom. The Morgan fingerprint density at radius 2 is 2.29 bits per heavy atom. The normalized spacial score (nSPS) is 32.6. The van der Waals surface area contributed by atoms with Gasteiger partial charge in [0.25, 0.3) is 0 Å². The fourth-order valence-electron chi connectivity index (χ4n) is 2.47. The van der Waals surface area contributed by atoms with Gasteiger partial charge in [0.15, 0.2) is 0 Å². The summed E-state index contributed by atoms with van der Waals surface area (Å²) in [6.07, 6.45) is 4.91. The highest BCUT2D eigenvalue weighted by Crippen LogP contribution is 2.30. The van der Waals surface area contributed by atoms with Crippen molar-refractivity contribution in [3.05, 3.63) is 0 Å². The van der Waals surface area contributed by atoms with Crippen LogP contribution in [0.1, 0.15) is 32.6 Å². The smallest absolute Gasteiger partial charge is 0.0622 e. The minimum atomic E-state index is 0.130. The van der Waals surface area contributed by atoms with Gasteiger partial charge in [0, 0.05) is 24.7 Å². The number of nitrogens with zero attached hydrogens (tertiary/aromatic N) is 1. The van der Waals surface area contributed by atoms with Gasteiger partial charge in [-0.2, -0.15) is 0 Å². The SMILES string of the molecule is CCC1COCCN1CC1(N)CCC1. The highest BCUT2D eigenvalue weighted by molar-refractivity contribution is 4.96. The van der Waals surface area contributed by atoms with Crippen molar-refractivity contribution >= 4 is 0 Å². The molecule has 1 saturated heterocycles. The molecule has 0 aromatic rings. The molecule has 2 aliphatic rings. The van der Waals surface area contributed by atoms with E-state index in [4.69, 9.17) is 10.5 Å². The fraction of sp³-hybridized carbons (Fsp3) is 1.00. The zero-order chi connectivity index (χ0) is 10.0. The Balaban J connectivity index is 1.87. The number of ether oxygens (including phenoxy) is 1. The summed E-state index contributed by atoms with van der Waals surface area (Å²) in [6.45, 7) is 6.15. The van der Waals surface area contributed by atoms with Crippen molar-refractivity contribution in [3.63, 3.8) is 0 Å². The Morgan fingerprint density at radius 1 is 1.50 bits per heavy atom. The van der Waals surface area contributed by atoms with E-state index in [1.165, 1.54) is 25.7 Å². The molecule has 3 heteroatoms. The monoisotopic (exact) mass is 198 g/mol. The van der Waals surface area contributed by atoms with Crippen molar-refractivity contribution < 1.29 is 4.74 Å². The first-order chi connectivity index (χ1) is 6.73. The lowest BCUT2D eigenvalue weighted by atomic mass is 9.77. The fourth-order valence-corrected chi connectivity index (χ4v) is 2.47. The summed E-state index contributed by atoms with van der Waals surface area (Å²) in [6, 6.07) is 0.602. The molecule has 0 bridgehead atoms. The van der Waals surface area contributed by atoms with Gasteiger partial charge in [0.2, 0.25) is 0 Å². The van der Waals surface area contributed by atoms with Gasteiger partial charge < -0.3 is 10.5 Å². The van der Waals surface area contributed by atoms with Gasteiger partial charge >= 0.3 is 0 Å². The lowest BCUT2D eigenvalue weighted by molar-refractivity contribution is -0.0253. The molecule has 0 spiro atoms. The number of morpholine rings is 1. The van der Waals surface area contributed by atoms with Crippen LogP contribution < -0.4 is 5.73 Å². The first-order valence-electron chi connectivity index (χ1n) is 5.84. The van der Waals surface area contributed by atoms with Crippen molar-refractivity contribution in [1.82, 2.24) is 4.90 Å². The topological polar surface area (TPSA) is 38.5 Å². The van der Waals surface area contributed by atoms with E-state index in [9.17, 15) is 0 Å². The molecule has 0 amide bonds. The molecular weight excluding hydrogens is 176 g/mol. The minimum absolute atomic E-state index is 0.130. The second kappa shape index (κ2) is 4.17. The van der Waals surface area contributed by atoms with Gasteiger partial charge in [-0.3, -0.25) is 4.90 Å². The zero-order valence-electron chi connectivity index (χ0n) is 9.17. The molecule has 14 heavy (non-hydrogen) atoms. The van der Waals surface area contributed by atoms with E-state index >= 15 is 0 Å². The molecule has 3 nitrogen and oxygen atoms in total. The molecule has 2 N–H and O–H groups in total. The molecule has 1 aliphatic heterocycles. The Hall–Kier alpha value is -0.120. The summed E-state index contributed by atoms with van der Waals surface area (Å²) in [7, 11) is 0. The summed E-state index contributed by atoms with van der Waals surface area (Å²) >= 11 is 0. The maximum absolute atomic E-state index is 6.27. The van der Waals surface area contributed by atoms with Crippen LogP contribution in [-0.2, 0) is 4.74 Å². The van der Waals surface area contributed by atoms with Crippen LogP contribution in [0.2, 0.25) is 0 Å². The van der Waals surface area contributed by atoms with Gasteiger partial charge in [-0.05, 0) is 25.7 Å². The number of hydrogen-bond acceptors (Lipinski definition) is 3. The van der Waals surface area contributed by atoms with Crippen LogP contribution >= 0.6 is 0 Å². The van der Waals surface area contributed by atoms with Gasteiger partial charge in [0.05, 0.1) is 13.2 Å². The first-order valence-corrected chi connectivity index (χ1v) is 5.84. The first kappa shape index (κ1) is 10.4. The van der Waals surface area contributed by atoms with Gasteiger partial charge in [0.1, 0.15) is 0 Å². The van der Waals surface area contributed by atoms with Gasteiger partial charge in [-0.25, -0.2) is 0 Å². The lowest BCUT2D eigenvalue weighted by Crippen LogP contribution is -2.59. The zero-order valence-corrected chi connectivity index (χ0v) is 9.17. The second-order valence-corrected chi connectivity index (χ2v) is 4.82. The Labute approximate surface area is 86.6 Å². The van der Waals surface area contributed by atoms with Crippen LogP contribution in [-0.4, -0.2) is 42.8 Å². The van der Waals surface area contributed by atoms with E-state index in [0.717, 1.165) is 26.3 Å².